The predicted molar refractivity (Wildman–Crippen MR) is 81.5 cm³/mol. The van der Waals surface area contributed by atoms with E-state index in [1.807, 2.05) is 27.7 Å². The first-order valence-corrected chi connectivity index (χ1v) is 7.56. The topological polar surface area (TPSA) is 64.0 Å². The van der Waals surface area contributed by atoms with E-state index < -0.39 is 0 Å². The van der Waals surface area contributed by atoms with E-state index in [0.29, 0.717) is 21.6 Å². The minimum atomic E-state index is -0.137. The Kier molecular flexibility index (Phi) is 4.23. The summed E-state index contributed by atoms with van der Waals surface area (Å²) in [4.78, 5) is 30.0. The van der Waals surface area contributed by atoms with Crippen LogP contribution in [0.25, 0.3) is 10.2 Å². The number of hydrogen-bond donors (Lipinski definition) is 1. The van der Waals surface area contributed by atoms with E-state index in [1.54, 1.807) is 10.9 Å². The van der Waals surface area contributed by atoms with Crippen LogP contribution in [-0.2, 0) is 6.54 Å². The summed E-state index contributed by atoms with van der Waals surface area (Å²) >= 11 is 1.28. The number of rotatable bonds is 4. The van der Waals surface area contributed by atoms with Crippen LogP contribution in [0.5, 0.6) is 0 Å². The molecule has 1 N–H and O–H groups in total. The van der Waals surface area contributed by atoms with E-state index in [9.17, 15) is 9.59 Å². The first-order valence-electron chi connectivity index (χ1n) is 6.75. The molecule has 2 heterocycles. The summed E-state index contributed by atoms with van der Waals surface area (Å²) in [5, 5.41) is 3.42. The molecule has 108 valence electrons. The molecular weight excluding hydrogens is 274 g/mol. The normalized spacial score (nSPS) is 11.2. The molecule has 0 spiro atoms. The number of nitrogens with zero attached hydrogens (tertiary/aromatic N) is 2. The monoisotopic (exact) mass is 293 g/mol. The number of aromatic nitrogens is 2. The van der Waals surface area contributed by atoms with Gasteiger partial charge in [0.25, 0.3) is 11.5 Å². The van der Waals surface area contributed by atoms with Crippen molar-refractivity contribution in [2.45, 2.75) is 46.7 Å². The third-order valence-electron chi connectivity index (χ3n) is 3.01. The molecule has 0 unspecified atom stereocenters. The van der Waals surface area contributed by atoms with Crippen LogP contribution < -0.4 is 10.9 Å². The fraction of sp³-hybridized carbons (Fsp3) is 0.500. The molecule has 0 radical (unpaired) electrons. The van der Waals surface area contributed by atoms with E-state index in [1.165, 1.54) is 11.3 Å². The summed E-state index contributed by atoms with van der Waals surface area (Å²) in [6, 6.07) is 0.0665. The summed E-state index contributed by atoms with van der Waals surface area (Å²) in [6.07, 6.45) is 2.44. The van der Waals surface area contributed by atoms with Crippen LogP contribution in [0.2, 0.25) is 0 Å². The van der Waals surface area contributed by atoms with Gasteiger partial charge in [-0.25, -0.2) is 4.98 Å². The molecule has 2 rings (SSSR count). The van der Waals surface area contributed by atoms with Crippen molar-refractivity contribution < 1.29 is 4.79 Å². The Hall–Kier alpha value is -1.69. The van der Waals surface area contributed by atoms with Gasteiger partial charge in [-0.15, -0.1) is 11.3 Å². The van der Waals surface area contributed by atoms with Crippen LogP contribution in [0.3, 0.4) is 0 Å². The lowest BCUT2D eigenvalue weighted by Crippen LogP contribution is -2.30. The van der Waals surface area contributed by atoms with E-state index >= 15 is 0 Å². The van der Waals surface area contributed by atoms with Gasteiger partial charge >= 0.3 is 0 Å². The Balaban J connectivity index is 2.56. The highest BCUT2D eigenvalue weighted by Crippen LogP contribution is 2.26. The van der Waals surface area contributed by atoms with Gasteiger partial charge in [-0.1, -0.05) is 6.92 Å². The van der Waals surface area contributed by atoms with Gasteiger partial charge < -0.3 is 5.32 Å². The van der Waals surface area contributed by atoms with Crippen molar-refractivity contribution >= 4 is 27.5 Å². The second-order valence-corrected chi connectivity index (χ2v) is 6.11. The van der Waals surface area contributed by atoms with Gasteiger partial charge in [0.15, 0.2) is 0 Å². The Morgan fingerprint density at radius 1 is 1.50 bits per heavy atom. The largest absolute Gasteiger partial charge is 0.349 e. The third-order valence-corrected chi connectivity index (χ3v) is 4.21. The van der Waals surface area contributed by atoms with Crippen LogP contribution in [0.15, 0.2) is 11.1 Å². The summed E-state index contributed by atoms with van der Waals surface area (Å²) in [7, 11) is 0. The van der Waals surface area contributed by atoms with Crippen molar-refractivity contribution in [1.82, 2.24) is 14.9 Å². The van der Waals surface area contributed by atoms with Gasteiger partial charge in [0, 0.05) is 12.6 Å². The van der Waals surface area contributed by atoms with E-state index in [-0.39, 0.29) is 17.5 Å². The molecule has 0 bridgehead atoms. The number of fused-ring (bicyclic) bond motifs is 1. The van der Waals surface area contributed by atoms with Gasteiger partial charge in [-0.2, -0.15) is 0 Å². The summed E-state index contributed by atoms with van der Waals surface area (Å²) in [5.74, 6) is -0.137. The lowest BCUT2D eigenvalue weighted by atomic mass is 10.2. The van der Waals surface area contributed by atoms with Gasteiger partial charge in [-0.05, 0) is 32.8 Å². The number of hydrogen-bond acceptors (Lipinski definition) is 4. The van der Waals surface area contributed by atoms with Crippen LogP contribution in [0, 0.1) is 6.92 Å². The molecule has 0 aliphatic rings. The maximum absolute atomic E-state index is 12.4. The molecule has 0 aromatic carbocycles. The maximum atomic E-state index is 12.4. The second-order valence-electron chi connectivity index (χ2n) is 5.11. The number of nitrogens with one attached hydrogen (secondary N) is 1. The average molecular weight is 293 g/mol. The Morgan fingerprint density at radius 3 is 2.80 bits per heavy atom. The first-order chi connectivity index (χ1) is 9.45. The SMILES string of the molecule is CCCn1cnc2sc(C(=O)NC(C)C)c(C)c2c1=O. The van der Waals surface area contributed by atoms with Gasteiger partial charge in [0.05, 0.1) is 16.6 Å². The molecule has 2 aromatic rings. The van der Waals surface area contributed by atoms with Crippen molar-refractivity contribution in [2.75, 3.05) is 0 Å². The average Bonchev–Trinajstić information content (AvgIpc) is 2.70. The van der Waals surface area contributed by atoms with Crippen molar-refractivity contribution in [3.05, 3.63) is 27.1 Å². The zero-order chi connectivity index (χ0) is 14.9. The number of aryl methyl sites for hydroxylation is 2. The highest BCUT2D eigenvalue weighted by atomic mass is 32.1. The van der Waals surface area contributed by atoms with Crippen molar-refractivity contribution in [2.24, 2.45) is 0 Å². The molecule has 0 saturated carbocycles. The number of carbonyl (C=O) groups is 1. The molecule has 0 atom stereocenters. The van der Waals surface area contributed by atoms with E-state index in [4.69, 9.17) is 0 Å². The molecule has 1 amide bonds. The minimum Gasteiger partial charge on any atom is -0.349 e. The lowest BCUT2D eigenvalue weighted by molar-refractivity contribution is 0.0947. The number of carbonyl (C=O) groups excluding carboxylic acids is 1. The van der Waals surface area contributed by atoms with Crippen LogP contribution in [0.1, 0.15) is 42.4 Å². The maximum Gasteiger partial charge on any atom is 0.262 e. The first kappa shape index (κ1) is 14.7. The lowest BCUT2D eigenvalue weighted by Gasteiger charge is -2.06. The van der Waals surface area contributed by atoms with Crippen molar-refractivity contribution in [1.29, 1.82) is 0 Å². The van der Waals surface area contributed by atoms with Crippen molar-refractivity contribution in [3.63, 3.8) is 0 Å². The molecule has 6 heteroatoms. The fourth-order valence-electron chi connectivity index (χ4n) is 2.10. The summed E-state index contributed by atoms with van der Waals surface area (Å²) < 4.78 is 1.60. The van der Waals surface area contributed by atoms with Gasteiger partial charge in [0.2, 0.25) is 0 Å². The smallest absolute Gasteiger partial charge is 0.262 e. The van der Waals surface area contributed by atoms with Crippen LogP contribution in [0.4, 0.5) is 0 Å². The Morgan fingerprint density at radius 2 is 2.20 bits per heavy atom. The molecule has 0 saturated heterocycles. The second kappa shape index (κ2) is 5.75. The Bertz CT molecular complexity index is 700. The molecular formula is C14H19N3O2S. The number of amides is 1. The van der Waals surface area contributed by atoms with E-state index in [2.05, 4.69) is 10.3 Å². The van der Waals surface area contributed by atoms with Crippen LogP contribution in [-0.4, -0.2) is 21.5 Å². The summed E-state index contributed by atoms with van der Waals surface area (Å²) in [6.45, 7) is 8.29. The quantitative estimate of drug-likeness (QED) is 0.941. The molecule has 5 nitrogen and oxygen atoms in total. The Labute approximate surface area is 121 Å². The predicted octanol–water partition coefficient (Wildman–Crippen LogP) is 2.31. The highest BCUT2D eigenvalue weighted by molar-refractivity contribution is 7.20. The number of thiophene rings is 1. The zero-order valence-corrected chi connectivity index (χ0v) is 13.0. The van der Waals surface area contributed by atoms with Crippen molar-refractivity contribution in [3.8, 4) is 0 Å². The molecule has 20 heavy (non-hydrogen) atoms. The third kappa shape index (κ3) is 2.60. The molecule has 0 aliphatic heterocycles. The van der Waals surface area contributed by atoms with Gasteiger partial charge in [0.1, 0.15) is 4.83 Å². The molecule has 0 aliphatic carbocycles. The van der Waals surface area contributed by atoms with E-state index in [0.717, 1.165) is 12.0 Å². The van der Waals surface area contributed by atoms with Crippen LogP contribution >= 0.6 is 11.3 Å². The molecule has 2 aromatic heterocycles. The standard InChI is InChI=1S/C14H19N3O2S/c1-5-6-17-7-15-13-10(14(17)19)9(4)11(20-13)12(18)16-8(2)3/h7-8H,5-6H2,1-4H3,(H,16,18). The molecule has 0 fully saturated rings. The minimum absolute atomic E-state index is 0.0609. The highest BCUT2D eigenvalue weighted by Gasteiger charge is 2.19. The summed E-state index contributed by atoms with van der Waals surface area (Å²) in [5.41, 5.74) is 0.667. The fourth-order valence-corrected chi connectivity index (χ4v) is 3.15. The van der Waals surface area contributed by atoms with Gasteiger partial charge in [-0.3, -0.25) is 14.2 Å². The zero-order valence-electron chi connectivity index (χ0n) is 12.2.